The molecule has 31 heavy (non-hydrogen) atoms. The monoisotopic (exact) mass is 442 g/mol. The largest absolute Gasteiger partial charge is 0.354 e. The van der Waals surface area contributed by atoms with Crippen LogP contribution in [0.5, 0.6) is 0 Å². The standard InChI is InChI=1S/C26H35ClN2O2/c1-18(2)16-28-26(31)20(5)29(17-23-8-6-7-9-24(23)27)25(30)15-12-21-10-13-22(14-11-21)19(3)4/h6-11,13-14,18-20H,12,15-17H2,1-5H3,(H,28,31). The topological polar surface area (TPSA) is 49.4 Å². The first-order valence-corrected chi connectivity index (χ1v) is 11.5. The molecule has 0 spiro atoms. The smallest absolute Gasteiger partial charge is 0.242 e. The van der Waals surface area contributed by atoms with Gasteiger partial charge in [-0.3, -0.25) is 9.59 Å². The SMILES string of the molecule is CC(C)CNC(=O)C(C)N(Cc1ccccc1Cl)C(=O)CCc1ccc(C(C)C)cc1. The molecule has 1 N–H and O–H groups in total. The fourth-order valence-corrected chi connectivity index (χ4v) is 3.50. The Kier molecular flexibility index (Phi) is 9.57. The van der Waals surface area contributed by atoms with E-state index in [1.807, 2.05) is 32.0 Å². The highest BCUT2D eigenvalue weighted by molar-refractivity contribution is 6.31. The third-order valence-electron chi connectivity index (χ3n) is 5.42. The number of rotatable bonds is 10. The Morgan fingerprint density at radius 2 is 1.61 bits per heavy atom. The number of halogens is 1. The van der Waals surface area contributed by atoms with Crippen molar-refractivity contribution < 1.29 is 9.59 Å². The second-order valence-electron chi connectivity index (χ2n) is 8.82. The maximum atomic E-state index is 13.2. The van der Waals surface area contributed by atoms with Gasteiger partial charge in [-0.05, 0) is 47.9 Å². The van der Waals surface area contributed by atoms with Crippen molar-refractivity contribution in [2.45, 2.75) is 66.0 Å². The molecule has 0 bridgehead atoms. The Morgan fingerprint density at radius 1 is 0.968 bits per heavy atom. The second kappa shape index (κ2) is 11.9. The number of benzene rings is 2. The molecule has 2 amide bonds. The number of aryl methyl sites for hydroxylation is 1. The minimum absolute atomic E-state index is 0.0555. The van der Waals surface area contributed by atoms with Crippen LogP contribution in [0.1, 0.15) is 63.6 Å². The van der Waals surface area contributed by atoms with Crippen molar-refractivity contribution in [3.63, 3.8) is 0 Å². The molecule has 0 heterocycles. The predicted octanol–water partition coefficient (Wildman–Crippen LogP) is 5.59. The van der Waals surface area contributed by atoms with Gasteiger partial charge in [0.05, 0.1) is 0 Å². The molecule has 4 nitrogen and oxygen atoms in total. The molecule has 0 radical (unpaired) electrons. The van der Waals surface area contributed by atoms with E-state index in [1.165, 1.54) is 5.56 Å². The van der Waals surface area contributed by atoms with Gasteiger partial charge < -0.3 is 10.2 Å². The number of carbonyl (C=O) groups excluding carboxylic acids is 2. The average Bonchev–Trinajstić information content (AvgIpc) is 2.75. The molecule has 0 aliphatic heterocycles. The van der Waals surface area contributed by atoms with Crippen LogP contribution in [-0.4, -0.2) is 29.3 Å². The van der Waals surface area contributed by atoms with E-state index in [2.05, 4.69) is 43.4 Å². The van der Waals surface area contributed by atoms with Gasteiger partial charge in [-0.15, -0.1) is 0 Å². The van der Waals surface area contributed by atoms with E-state index in [4.69, 9.17) is 11.6 Å². The van der Waals surface area contributed by atoms with E-state index >= 15 is 0 Å². The number of hydrogen-bond donors (Lipinski definition) is 1. The van der Waals surface area contributed by atoms with Crippen molar-refractivity contribution in [1.82, 2.24) is 10.2 Å². The van der Waals surface area contributed by atoms with Crippen LogP contribution < -0.4 is 5.32 Å². The number of carbonyl (C=O) groups is 2. The minimum Gasteiger partial charge on any atom is -0.354 e. The molecule has 0 aromatic heterocycles. The normalized spacial score (nSPS) is 12.1. The number of nitrogens with one attached hydrogen (secondary N) is 1. The van der Waals surface area contributed by atoms with Crippen LogP contribution >= 0.6 is 11.6 Å². The van der Waals surface area contributed by atoms with Crippen molar-refractivity contribution in [2.24, 2.45) is 5.92 Å². The van der Waals surface area contributed by atoms with E-state index in [0.29, 0.717) is 42.8 Å². The first kappa shape index (κ1) is 24.9. The fourth-order valence-electron chi connectivity index (χ4n) is 3.31. The van der Waals surface area contributed by atoms with Gasteiger partial charge in [0.25, 0.3) is 0 Å². The maximum Gasteiger partial charge on any atom is 0.242 e. The van der Waals surface area contributed by atoms with Crippen LogP contribution in [0.15, 0.2) is 48.5 Å². The zero-order valence-electron chi connectivity index (χ0n) is 19.3. The molecule has 1 unspecified atom stereocenters. The summed E-state index contributed by atoms with van der Waals surface area (Å²) in [5.41, 5.74) is 3.24. The molecule has 168 valence electrons. The van der Waals surface area contributed by atoms with Gasteiger partial charge in [0.1, 0.15) is 6.04 Å². The zero-order chi connectivity index (χ0) is 23.0. The highest BCUT2D eigenvalue weighted by Crippen LogP contribution is 2.20. The van der Waals surface area contributed by atoms with E-state index in [-0.39, 0.29) is 11.8 Å². The van der Waals surface area contributed by atoms with Gasteiger partial charge in [-0.25, -0.2) is 0 Å². The number of amides is 2. The third kappa shape index (κ3) is 7.70. The van der Waals surface area contributed by atoms with Gasteiger partial charge in [0.15, 0.2) is 0 Å². The highest BCUT2D eigenvalue weighted by atomic mass is 35.5. The molecule has 0 saturated heterocycles. The summed E-state index contributed by atoms with van der Waals surface area (Å²) >= 11 is 6.33. The van der Waals surface area contributed by atoms with Gasteiger partial charge in [0.2, 0.25) is 11.8 Å². The first-order valence-electron chi connectivity index (χ1n) is 11.1. The van der Waals surface area contributed by atoms with Crippen LogP contribution in [-0.2, 0) is 22.6 Å². The van der Waals surface area contributed by atoms with Crippen LogP contribution in [0.3, 0.4) is 0 Å². The van der Waals surface area contributed by atoms with Gasteiger partial charge in [-0.2, -0.15) is 0 Å². The lowest BCUT2D eigenvalue weighted by Gasteiger charge is -2.29. The predicted molar refractivity (Wildman–Crippen MR) is 128 cm³/mol. The summed E-state index contributed by atoms with van der Waals surface area (Å²) < 4.78 is 0. The summed E-state index contributed by atoms with van der Waals surface area (Å²) in [7, 11) is 0. The first-order chi connectivity index (χ1) is 14.7. The summed E-state index contributed by atoms with van der Waals surface area (Å²) in [5, 5.41) is 3.54. The molecular weight excluding hydrogens is 408 g/mol. The van der Waals surface area contributed by atoms with Crippen LogP contribution in [0, 0.1) is 5.92 Å². The summed E-state index contributed by atoms with van der Waals surface area (Å²) in [6.07, 6.45) is 0.976. The van der Waals surface area contributed by atoms with E-state index < -0.39 is 6.04 Å². The summed E-state index contributed by atoms with van der Waals surface area (Å²) in [6.45, 7) is 11.1. The number of nitrogens with zero attached hydrogens (tertiary/aromatic N) is 1. The Hall–Kier alpha value is -2.33. The molecule has 2 rings (SSSR count). The number of hydrogen-bond acceptors (Lipinski definition) is 2. The summed E-state index contributed by atoms with van der Waals surface area (Å²) in [6, 6.07) is 15.3. The highest BCUT2D eigenvalue weighted by Gasteiger charge is 2.26. The van der Waals surface area contributed by atoms with E-state index in [0.717, 1.165) is 11.1 Å². The van der Waals surface area contributed by atoms with Crippen LogP contribution in [0.25, 0.3) is 0 Å². The van der Waals surface area contributed by atoms with Gasteiger partial charge in [0, 0.05) is 24.5 Å². The average molecular weight is 443 g/mol. The summed E-state index contributed by atoms with van der Waals surface area (Å²) in [5.74, 6) is 0.625. The van der Waals surface area contributed by atoms with Crippen molar-refractivity contribution in [2.75, 3.05) is 6.54 Å². The lowest BCUT2D eigenvalue weighted by Crippen LogP contribution is -2.48. The molecule has 0 aliphatic rings. The quantitative estimate of drug-likeness (QED) is 0.521. The molecule has 0 saturated carbocycles. The summed E-state index contributed by atoms with van der Waals surface area (Å²) in [4.78, 5) is 27.5. The fraction of sp³-hybridized carbons (Fsp3) is 0.462. The van der Waals surface area contributed by atoms with E-state index in [1.54, 1.807) is 17.9 Å². The molecular formula is C26H35ClN2O2. The van der Waals surface area contributed by atoms with Crippen LogP contribution in [0.2, 0.25) is 5.02 Å². The minimum atomic E-state index is -0.578. The lowest BCUT2D eigenvalue weighted by atomic mass is 10.00. The zero-order valence-corrected chi connectivity index (χ0v) is 20.1. The van der Waals surface area contributed by atoms with Gasteiger partial charge in [-0.1, -0.05) is 81.8 Å². The second-order valence-corrected chi connectivity index (χ2v) is 9.23. The molecule has 5 heteroatoms. The van der Waals surface area contributed by atoms with Crippen molar-refractivity contribution in [3.05, 3.63) is 70.2 Å². The molecule has 0 aliphatic carbocycles. The van der Waals surface area contributed by atoms with Gasteiger partial charge >= 0.3 is 0 Å². The Labute approximate surface area is 192 Å². The maximum absolute atomic E-state index is 13.2. The Bertz CT molecular complexity index is 862. The Balaban J connectivity index is 2.12. The van der Waals surface area contributed by atoms with Crippen molar-refractivity contribution in [1.29, 1.82) is 0 Å². The molecule has 1 atom stereocenters. The van der Waals surface area contributed by atoms with Crippen molar-refractivity contribution >= 4 is 23.4 Å². The molecule has 2 aromatic carbocycles. The third-order valence-corrected chi connectivity index (χ3v) is 5.79. The lowest BCUT2D eigenvalue weighted by molar-refractivity contribution is -0.140. The Morgan fingerprint density at radius 3 is 2.19 bits per heavy atom. The van der Waals surface area contributed by atoms with E-state index in [9.17, 15) is 9.59 Å². The van der Waals surface area contributed by atoms with Crippen LogP contribution in [0.4, 0.5) is 0 Å². The van der Waals surface area contributed by atoms with Crippen molar-refractivity contribution in [3.8, 4) is 0 Å². The molecule has 0 fully saturated rings. The molecule has 2 aromatic rings.